The fourth-order valence-corrected chi connectivity index (χ4v) is 2.19. The largest absolute Gasteiger partial charge is 1.00 e. The summed E-state index contributed by atoms with van der Waals surface area (Å²) in [6, 6.07) is -0.525. The monoisotopic (exact) mass is 293 g/mol. The minimum absolute atomic E-state index is 0. The molecule has 0 saturated heterocycles. The van der Waals surface area contributed by atoms with E-state index in [9.17, 15) is 9.90 Å². The third-order valence-electron chi connectivity index (χ3n) is 3.58. The van der Waals surface area contributed by atoms with Crippen molar-refractivity contribution >= 4 is 5.97 Å². The molecular formula is C16H32NNaO2. The maximum atomic E-state index is 10.5. The van der Waals surface area contributed by atoms with Crippen molar-refractivity contribution in [3.05, 3.63) is 0 Å². The fraction of sp³-hybridized carbons (Fsp3) is 0.938. The smallest absolute Gasteiger partial charge is 0.548 e. The molecule has 0 aliphatic rings. The van der Waals surface area contributed by atoms with Gasteiger partial charge in [0.2, 0.25) is 0 Å². The molecule has 0 heterocycles. The maximum absolute atomic E-state index is 10.5. The minimum atomic E-state index is -1.01. The van der Waals surface area contributed by atoms with E-state index in [1.54, 1.807) is 6.92 Å². The topological polar surface area (TPSA) is 52.2 Å². The van der Waals surface area contributed by atoms with E-state index in [1.807, 2.05) is 0 Å². The van der Waals surface area contributed by atoms with Crippen molar-refractivity contribution in [2.75, 3.05) is 6.54 Å². The predicted octanol–water partition coefficient (Wildman–Crippen LogP) is 0.0294. The van der Waals surface area contributed by atoms with Crippen LogP contribution in [0.5, 0.6) is 0 Å². The molecule has 0 saturated carbocycles. The molecule has 1 atom stereocenters. The van der Waals surface area contributed by atoms with Crippen molar-refractivity contribution in [2.45, 2.75) is 90.5 Å². The summed E-state index contributed by atoms with van der Waals surface area (Å²) in [5, 5.41) is 13.4. The van der Waals surface area contributed by atoms with E-state index >= 15 is 0 Å². The Labute approximate surface area is 147 Å². The normalized spacial score (nSPS) is 11.9. The number of aliphatic carboxylic acids is 1. The first-order chi connectivity index (χ1) is 9.18. The Kier molecular flexibility index (Phi) is 19.8. The van der Waals surface area contributed by atoms with Gasteiger partial charge in [-0.3, -0.25) is 0 Å². The second-order valence-electron chi connectivity index (χ2n) is 5.53. The van der Waals surface area contributed by atoms with E-state index in [0.29, 0.717) is 0 Å². The number of carbonyl (C=O) groups is 1. The van der Waals surface area contributed by atoms with Gasteiger partial charge in [0.15, 0.2) is 0 Å². The number of carboxylic acid groups (broad SMARTS) is 1. The average Bonchev–Trinajstić information content (AvgIpc) is 2.39. The van der Waals surface area contributed by atoms with Crippen LogP contribution in [-0.2, 0) is 4.79 Å². The van der Waals surface area contributed by atoms with Crippen LogP contribution >= 0.6 is 0 Å². The molecule has 0 aromatic heterocycles. The van der Waals surface area contributed by atoms with Crippen LogP contribution in [0.2, 0.25) is 0 Å². The number of hydrogen-bond acceptors (Lipinski definition) is 3. The Bertz CT molecular complexity index is 213. The molecule has 3 nitrogen and oxygen atoms in total. The molecule has 0 radical (unpaired) electrons. The van der Waals surface area contributed by atoms with Gasteiger partial charge in [0.1, 0.15) is 0 Å². The Morgan fingerprint density at radius 2 is 1.30 bits per heavy atom. The van der Waals surface area contributed by atoms with Gasteiger partial charge in [-0.2, -0.15) is 0 Å². The number of unbranched alkanes of at least 4 members (excludes halogenated alkanes) is 10. The van der Waals surface area contributed by atoms with Crippen LogP contribution < -0.4 is 40.0 Å². The van der Waals surface area contributed by atoms with Crippen LogP contribution in [0.1, 0.15) is 84.5 Å². The van der Waals surface area contributed by atoms with Gasteiger partial charge in [-0.15, -0.1) is 0 Å². The first-order valence-corrected chi connectivity index (χ1v) is 8.12. The summed E-state index contributed by atoms with van der Waals surface area (Å²) in [6.07, 6.45) is 14.5. The molecule has 0 unspecified atom stereocenters. The number of hydrogen-bond donors (Lipinski definition) is 1. The van der Waals surface area contributed by atoms with E-state index in [1.165, 1.54) is 64.2 Å². The van der Waals surface area contributed by atoms with Gasteiger partial charge >= 0.3 is 29.6 Å². The van der Waals surface area contributed by atoms with Crippen LogP contribution in [0.25, 0.3) is 0 Å². The minimum Gasteiger partial charge on any atom is -0.548 e. The summed E-state index contributed by atoms with van der Waals surface area (Å²) < 4.78 is 0. The molecule has 0 aliphatic heterocycles. The van der Waals surface area contributed by atoms with Crippen molar-refractivity contribution in [1.82, 2.24) is 5.32 Å². The van der Waals surface area contributed by atoms with Crippen molar-refractivity contribution < 1.29 is 39.5 Å². The zero-order valence-corrected chi connectivity index (χ0v) is 15.9. The van der Waals surface area contributed by atoms with Crippen LogP contribution in [0.15, 0.2) is 0 Å². The second-order valence-corrected chi connectivity index (χ2v) is 5.53. The molecule has 0 amide bonds. The Balaban J connectivity index is 0. The molecule has 0 fully saturated rings. The Morgan fingerprint density at radius 1 is 0.900 bits per heavy atom. The van der Waals surface area contributed by atoms with Gasteiger partial charge in [0.05, 0.1) is 5.97 Å². The van der Waals surface area contributed by atoms with Crippen molar-refractivity contribution in [1.29, 1.82) is 0 Å². The van der Waals surface area contributed by atoms with Gasteiger partial charge < -0.3 is 15.2 Å². The Hall–Kier alpha value is 0.430. The zero-order chi connectivity index (χ0) is 14.3. The first kappa shape index (κ1) is 22.7. The van der Waals surface area contributed by atoms with Crippen molar-refractivity contribution in [2.24, 2.45) is 0 Å². The molecule has 1 N–H and O–H groups in total. The summed E-state index contributed by atoms with van der Waals surface area (Å²) >= 11 is 0. The van der Waals surface area contributed by atoms with Crippen LogP contribution in [0.4, 0.5) is 0 Å². The standard InChI is InChI=1S/C16H33NO2.Na/c1-3-4-5-6-7-8-9-10-11-12-13-14-17-15(2)16(18)19;/h15,17H,3-14H2,1-2H3,(H,18,19);/q;+1/p-1/t15-;/m0./s1. The third-order valence-corrected chi connectivity index (χ3v) is 3.58. The van der Waals surface area contributed by atoms with Gasteiger partial charge in [0.25, 0.3) is 0 Å². The van der Waals surface area contributed by atoms with Crippen LogP contribution in [-0.4, -0.2) is 18.6 Å². The molecule has 0 bridgehead atoms. The predicted molar refractivity (Wildman–Crippen MR) is 78.9 cm³/mol. The Morgan fingerprint density at radius 3 is 1.70 bits per heavy atom. The van der Waals surface area contributed by atoms with Crippen molar-refractivity contribution in [3.8, 4) is 0 Å². The number of carboxylic acids is 1. The average molecular weight is 293 g/mol. The molecule has 20 heavy (non-hydrogen) atoms. The van der Waals surface area contributed by atoms with Crippen LogP contribution in [0, 0.1) is 0 Å². The molecule has 4 heteroatoms. The van der Waals surface area contributed by atoms with E-state index < -0.39 is 12.0 Å². The molecule has 0 aromatic rings. The van der Waals surface area contributed by atoms with Gasteiger partial charge in [0, 0.05) is 6.04 Å². The number of rotatable bonds is 14. The van der Waals surface area contributed by atoms with Crippen LogP contribution in [0.3, 0.4) is 0 Å². The maximum Gasteiger partial charge on any atom is 1.00 e. The van der Waals surface area contributed by atoms with Gasteiger partial charge in [-0.05, 0) is 19.9 Å². The van der Waals surface area contributed by atoms with E-state index in [0.717, 1.165) is 13.0 Å². The SMILES string of the molecule is CCCCCCCCCCCCCN[C@@H](C)C(=O)[O-].[Na+]. The molecule has 0 rings (SSSR count). The molecule has 0 spiro atoms. The summed E-state index contributed by atoms with van der Waals surface area (Å²) in [5.74, 6) is -1.01. The molecular weight excluding hydrogens is 261 g/mol. The molecule has 0 aliphatic carbocycles. The number of nitrogens with one attached hydrogen (secondary N) is 1. The van der Waals surface area contributed by atoms with Gasteiger partial charge in [-0.25, -0.2) is 0 Å². The molecule has 114 valence electrons. The summed E-state index contributed by atoms with van der Waals surface area (Å²) in [5.41, 5.74) is 0. The van der Waals surface area contributed by atoms with E-state index in [-0.39, 0.29) is 29.6 Å². The van der Waals surface area contributed by atoms with E-state index in [4.69, 9.17) is 0 Å². The summed E-state index contributed by atoms with van der Waals surface area (Å²) in [6.45, 7) is 4.67. The fourth-order valence-electron chi connectivity index (χ4n) is 2.19. The first-order valence-electron chi connectivity index (χ1n) is 8.12. The van der Waals surface area contributed by atoms with Crippen molar-refractivity contribution in [3.63, 3.8) is 0 Å². The third kappa shape index (κ3) is 16.5. The second kappa shape index (κ2) is 17.5. The van der Waals surface area contributed by atoms with E-state index in [2.05, 4.69) is 12.2 Å². The van der Waals surface area contributed by atoms with Gasteiger partial charge in [-0.1, -0.05) is 71.1 Å². The summed E-state index contributed by atoms with van der Waals surface area (Å²) in [7, 11) is 0. The zero-order valence-electron chi connectivity index (χ0n) is 13.9. The molecule has 0 aromatic carbocycles. The number of carbonyl (C=O) groups excluding carboxylic acids is 1. The summed E-state index contributed by atoms with van der Waals surface area (Å²) in [4.78, 5) is 10.5. The quantitative estimate of drug-likeness (QED) is 0.363.